The van der Waals surface area contributed by atoms with Crippen LogP contribution in [0.2, 0.25) is 5.02 Å². The Balaban J connectivity index is 2.12. The summed E-state index contributed by atoms with van der Waals surface area (Å²) >= 11 is 5.62. The van der Waals surface area contributed by atoms with Crippen LogP contribution >= 0.6 is 11.6 Å². The number of hydrogen-bond donors (Lipinski definition) is 1. The van der Waals surface area contributed by atoms with Crippen molar-refractivity contribution in [3.63, 3.8) is 0 Å². The highest BCUT2D eigenvalue weighted by molar-refractivity contribution is 6.30. The van der Waals surface area contributed by atoms with Gasteiger partial charge >= 0.3 is 6.18 Å². The van der Waals surface area contributed by atoms with Crippen LogP contribution in [0.15, 0.2) is 18.2 Å². The Hall–Kier alpha value is -1.76. The van der Waals surface area contributed by atoms with Crippen LogP contribution in [0.1, 0.15) is 44.6 Å². The summed E-state index contributed by atoms with van der Waals surface area (Å²) in [5.41, 5.74) is -1.38. The van der Waals surface area contributed by atoms with Gasteiger partial charge in [-0.2, -0.15) is 13.2 Å². The lowest BCUT2D eigenvalue weighted by molar-refractivity contribution is -0.137. The molecule has 2 rings (SSSR count). The highest BCUT2D eigenvalue weighted by Crippen LogP contribution is 2.36. The van der Waals surface area contributed by atoms with Gasteiger partial charge < -0.3 is 10.2 Å². The summed E-state index contributed by atoms with van der Waals surface area (Å²) in [4.78, 5) is 25.5. The van der Waals surface area contributed by atoms with Crippen molar-refractivity contribution in [2.75, 3.05) is 11.9 Å². The summed E-state index contributed by atoms with van der Waals surface area (Å²) in [5, 5.41) is 2.19. The summed E-state index contributed by atoms with van der Waals surface area (Å²) in [7, 11) is 0. The number of nitrogens with one attached hydrogen (secondary N) is 1. The number of hydrogen-bond acceptors (Lipinski definition) is 2. The van der Waals surface area contributed by atoms with Gasteiger partial charge in [0.2, 0.25) is 11.8 Å². The van der Waals surface area contributed by atoms with Crippen LogP contribution in [0.25, 0.3) is 0 Å². The first-order valence-corrected chi connectivity index (χ1v) is 8.50. The first-order chi connectivity index (χ1) is 11.7. The zero-order valence-corrected chi connectivity index (χ0v) is 14.6. The van der Waals surface area contributed by atoms with E-state index in [1.165, 1.54) is 17.9 Å². The van der Waals surface area contributed by atoms with Crippen molar-refractivity contribution >= 4 is 29.1 Å². The third-order valence-electron chi connectivity index (χ3n) is 4.29. The lowest BCUT2D eigenvalue weighted by atomic mass is 9.94. The SMILES string of the molecule is CC(=O)N(CC(=O)Nc1ccc(Cl)cc1C(F)(F)F)C1CCCCC1. The lowest BCUT2D eigenvalue weighted by Crippen LogP contribution is -2.44. The van der Waals surface area contributed by atoms with Crippen LogP contribution in [0.3, 0.4) is 0 Å². The Morgan fingerprint density at radius 3 is 2.44 bits per heavy atom. The van der Waals surface area contributed by atoms with Gasteiger partial charge in [0.15, 0.2) is 0 Å². The highest BCUT2D eigenvalue weighted by Gasteiger charge is 2.34. The number of carbonyl (C=O) groups is 2. The minimum atomic E-state index is -4.64. The van der Waals surface area contributed by atoms with Crippen molar-refractivity contribution in [1.82, 2.24) is 4.90 Å². The minimum Gasteiger partial charge on any atom is -0.331 e. The van der Waals surface area contributed by atoms with Gasteiger partial charge in [-0.1, -0.05) is 30.9 Å². The van der Waals surface area contributed by atoms with Crippen molar-refractivity contribution in [2.45, 2.75) is 51.2 Å². The molecule has 1 aromatic carbocycles. The Morgan fingerprint density at radius 1 is 1.24 bits per heavy atom. The topological polar surface area (TPSA) is 49.4 Å². The number of halogens is 4. The molecule has 0 aromatic heterocycles. The van der Waals surface area contributed by atoms with E-state index in [1.54, 1.807) is 0 Å². The molecule has 0 atom stereocenters. The van der Waals surface area contributed by atoms with E-state index in [2.05, 4.69) is 5.32 Å². The molecule has 1 aliphatic rings. The van der Waals surface area contributed by atoms with E-state index >= 15 is 0 Å². The van der Waals surface area contributed by atoms with E-state index in [1.807, 2.05) is 0 Å². The number of alkyl halides is 3. The van der Waals surface area contributed by atoms with E-state index in [9.17, 15) is 22.8 Å². The second-order valence-electron chi connectivity index (χ2n) is 6.17. The van der Waals surface area contributed by atoms with Gasteiger partial charge in [-0.25, -0.2) is 0 Å². The number of rotatable bonds is 4. The number of nitrogens with zero attached hydrogens (tertiary/aromatic N) is 1. The first kappa shape index (κ1) is 19.6. The molecule has 0 aliphatic heterocycles. The van der Waals surface area contributed by atoms with Crippen molar-refractivity contribution in [2.24, 2.45) is 0 Å². The molecule has 1 fully saturated rings. The molecular weight excluding hydrogens is 357 g/mol. The fourth-order valence-electron chi connectivity index (χ4n) is 3.09. The monoisotopic (exact) mass is 376 g/mol. The molecule has 0 bridgehead atoms. The quantitative estimate of drug-likeness (QED) is 0.842. The fraction of sp³-hybridized carbons (Fsp3) is 0.529. The van der Waals surface area contributed by atoms with Crippen LogP contribution in [0, 0.1) is 0 Å². The standard InChI is InChI=1S/C17H20ClF3N2O2/c1-11(24)23(13-5-3-2-4-6-13)10-16(25)22-15-8-7-12(18)9-14(15)17(19,20)21/h7-9,13H,2-6,10H2,1H3,(H,22,25). The molecule has 1 N–H and O–H groups in total. The molecule has 0 saturated heterocycles. The molecule has 1 aliphatic carbocycles. The van der Waals surface area contributed by atoms with Gasteiger partial charge in [0.05, 0.1) is 11.3 Å². The van der Waals surface area contributed by atoms with Crippen molar-refractivity contribution < 1.29 is 22.8 Å². The number of carbonyl (C=O) groups excluding carboxylic acids is 2. The van der Waals surface area contributed by atoms with E-state index in [4.69, 9.17) is 11.6 Å². The Bertz CT molecular complexity index is 643. The summed E-state index contributed by atoms with van der Waals surface area (Å²) < 4.78 is 39.3. The Morgan fingerprint density at radius 2 is 1.88 bits per heavy atom. The van der Waals surface area contributed by atoms with Crippen molar-refractivity contribution in [3.8, 4) is 0 Å². The van der Waals surface area contributed by atoms with Gasteiger partial charge in [-0.3, -0.25) is 9.59 Å². The van der Waals surface area contributed by atoms with Crippen LogP contribution in [0.5, 0.6) is 0 Å². The molecule has 1 saturated carbocycles. The molecule has 2 amide bonds. The summed E-state index contributed by atoms with van der Waals surface area (Å²) in [5.74, 6) is -0.914. The maximum absolute atomic E-state index is 13.1. The molecular formula is C17H20ClF3N2O2. The molecule has 4 nitrogen and oxygen atoms in total. The van der Waals surface area contributed by atoms with Gasteiger partial charge in [0, 0.05) is 18.0 Å². The normalized spacial score (nSPS) is 15.7. The highest BCUT2D eigenvalue weighted by atomic mass is 35.5. The second kappa shape index (κ2) is 8.08. The van der Waals surface area contributed by atoms with Crippen molar-refractivity contribution in [1.29, 1.82) is 0 Å². The Kier molecular flexibility index (Phi) is 6.32. The molecule has 8 heteroatoms. The maximum atomic E-state index is 13.1. The van der Waals surface area contributed by atoms with E-state index in [0.717, 1.165) is 44.2 Å². The molecule has 138 valence electrons. The predicted molar refractivity (Wildman–Crippen MR) is 89.3 cm³/mol. The first-order valence-electron chi connectivity index (χ1n) is 8.12. The van der Waals surface area contributed by atoms with Gasteiger partial charge in [-0.15, -0.1) is 0 Å². The minimum absolute atomic E-state index is 0.0377. The van der Waals surface area contributed by atoms with E-state index in [-0.39, 0.29) is 29.2 Å². The predicted octanol–water partition coefficient (Wildman–Crippen LogP) is 4.48. The second-order valence-corrected chi connectivity index (χ2v) is 6.61. The molecule has 25 heavy (non-hydrogen) atoms. The zero-order valence-electron chi connectivity index (χ0n) is 13.8. The summed E-state index contributed by atoms with van der Waals surface area (Å²) in [6.07, 6.45) is 0.0193. The van der Waals surface area contributed by atoms with Gasteiger partial charge in [-0.05, 0) is 31.0 Å². The number of benzene rings is 1. The molecule has 0 heterocycles. The maximum Gasteiger partial charge on any atom is 0.418 e. The number of anilines is 1. The zero-order chi connectivity index (χ0) is 18.6. The van der Waals surface area contributed by atoms with Gasteiger partial charge in [0.1, 0.15) is 6.54 Å². The lowest BCUT2D eigenvalue weighted by Gasteiger charge is -2.33. The molecule has 0 unspecified atom stereocenters. The average molecular weight is 377 g/mol. The molecule has 1 aromatic rings. The third kappa shape index (κ3) is 5.36. The van der Waals surface area contributed by atoms with E-state index < -0.39 is 17.6 Å². The van der Waals surface area contributed by atoms with Crippen LogP contribution < -0.4 is 5.32 Å². The fourth-order valence-corrected chi connectivity index (χ4v) is 3.27. The molecule has 0 radical (unpaired) electrons. The van der Waals surface area contributed by atoms with E-state index in [0.29, 0.717) is 0 Å². The summed E-state index contributed by atoms with van der Waals surface area (Å²) in [6.45, 7) is 1.10. The van der Waals surface area contributed by atoms with Crippen LogP contribution in [-0.4, -0.2) is 29.3 Å². The largest absolute Gasteiger partial charge is 0.418 e. The molecule has 0 spiro atoms. The number of amides is 2. The third-order valence-corrected chi connectivity index (χ3v) is 4.53. The van der Waals surface area contributed by atoms with Crippen LogP contribution in [0.4, 0.5) is 18.9 Å². The summed E-state index contributed by atoms with van der Waals surface area (Å²) in [6, 6.07) is 3.11. The van der Waals surface area contributed by atoms with Crippen molar-refractivity contribution in [3.05, 3.63) is 28.8 Å². The smallest absolute Gasteiger partial charge is 0.331 e. The van der Waals surface area contributed by atoms with Gasteiger partial charge in [0.25, 0.3) is 0 Å². The Labute approximate surface area is 149 Å². The van der Waals surface area contributed by atoms with Crippen LogP contribution in [-0.2, 0) is 15.8 Å². The average Bonchev–Trinajstić information content (AvgIpc) is 2.54.